The van der Waals surface area contributed by atoms with E-state index in [2.05, 4.69) is 9.97 Å². The third kappa shape index (κ3) is 3.56. The zero-order valence-corrected chi connectivity index (χ0v) is 9.33. The van der Waals surface area contributed by atoms with Crippen molar-refractivity contribution in [1.29, 1.82) is 0 Å². The lowest BCUT2D eigenvalue weighted by Crippen LogP contribution is -2.36. The Balaban J connectivity index is 2.55. The van der Waals surface area contributed by atoms with Gasteiger partial charge in [0, 0.05) is 33.1 Å². The van der Waals surface area contributed by atoms with Gasteiger partial charge in [-0.25, -0.2) is 4.98 Å². The largest absolute Gasteiger partial charge is 0.389 e. The average molecular weight is 225 g/mol. The highest BCUT2D eigenvalue weighted by molar-refractivity contribution is 5.91. The molecule has 0 fully saturated rings. The summed E-state index contributed by atoms with van der Waals surface area (Å²) in [6, 6.07) is 0. The van der Waals surface area contributed by atoms with Crippen LogP contribution in [0.4, 0.5) is 0 Å². The first kappa shape index (κ1) is 12.5. The monoisotopic (exact) mass is 225 g/mol. The molecule has 1 N–H and O–H groups in total. The van der Waals surface area contributed by atoms with Crippen LogP contribution in [0, 0.1) is 0 Å². The van der Waals surface area contributed by atoms with E-state index in [0.29, 0.717) is 0 Å². The molecule has 6 nitrogen and oxygen atoms in total. The molecule has 0 aromatic carbocycles. The summed E-state index contributed by atoms with van der Waals surface area (Å²) in [6.07, 6.45) is 3.64. The van der Waals surface area contributed by atoms with Crippen LogP contribution in [0.1, 0.15) is 10.5 Å². The van der Waals surface area contributed by atoms with Gasteiger partial charge in [0.05, 0.1) is 18.9 Å². The molecule has 0 saturated heterocycles. The number of carbonyl (C=O) groups excluding carboxylic acids is 1. The number of hydrogen-bond acceptors (Lipinski definition) is 5. The molecular formula is C10H15N3O3. The van der Waals surface area contributed by atoms with Crippen LogP contribution in [0.15, 0.2) is 18.6 Å². The molecular weight excluding hydrogens is 210 g/mol. The van der Waals surface area contributed by atoms with Crippen LogP contribution in [-0.2, 0) is 4.74 Å². The Bertz CT molecular complexity index is 331. The number of nitrogens with zero attached hydrogens (tertiary/aromatic N) is 3. The summed E-state index contributed by atoms with van der Waals surface area (Å²) in [5.74, 6) is -0.275. The number of methoxy groups -OCH3 is 1. The fraction of sp³-hybridized carbons (Fsp3) is 0.500. The first-order chi connectivity index (χ1) is 7.65. The van der Waals surface area contributed by atoms with Gasteiger partial charge in [-0.2, -0.15) is 0 Å². The number of aromatic nitrogens is 2. The molecule has 0 spiro atoms. The van der Waals surface area contributed by atoms with Crippen LogP contribution < -0.4 is 0 Å². The number of carbonyl (C=O) groups is 1. The normalized spacial score (nSPS) is 12.2. The quantitative estimate of drug-likeness (QED) is 0.735. The van der Waals surface area contributed by atoms with E-state index < -0.39 is 6.10 Å². The summed E-state index contributed by atoms with van der Waals surface area (Å²) in [5.41, 5.74) is 0.259. The van der Waals surface area contributed by atoms with Crippen molar-refractivity contribution < 1.29 is 14.6 Å². The summed E-state index contributed by atoms with van der Waals surface area (Å²) in [7, 11) is 3.09. The molecule has 1 heterocycles. The van der Waals surface area contributed by atoms with E-state index >= 15 is 0 Å². The number of aliphatic hydroxyl groups is 1. The van der Waals surface area contributed by atoms with Crippen molar-refractivity contribution in [2.45, 2.75) is 6.10 Å². The second kappa shape index (κ2) is 6.14. The van der Waals surface area contributed by atoms with Gasteiger partial charge in [-0.15, -0.1) is 0 Å². The number of amides is 1. The predicted molar refractivity (Wildman–Crippen MR) is 56.9 cm³/mol. The lowest BCUT2D eigenvalue weighted by molar-refractivity contribution is 0.0377. The minimum absolute atomic E-state index is 0.193. The SMILES string of the molecule is COCC(O)CN(C)C(=O)c1cnccn1. The van der Waals surface area contributed by atoms with E-state index in [4.69, 9.17) is 4.74 Å². The molecule has 0 aliphatic heterocycles. The van der Waals surface area contributed by atoms with Crippen LogP contribution in [0.5, 0.6) is 0 Å². The van der Waals surface area contributed by atoms with Crippen molar-refractivity contribution in [1.82, 2.24) is 14.9 Å². The summed E-state index contributed by atoms with van der Waals surface area (Å²) >= 11 is 0. The van der Waals surface area contributed by atoms with E-state index in [-0.39, 0.29) is 24.8 Å². The van der Waals surface area contributed by atoms with Crippen LogP contribution in [0.2, 0.25) is 0 Å². The van der Waals surface area contributed by atoms with Crippen LogP contribution in [0.25, 0.3) is 0 Å². The van der Waals surface area contributed by atoms with Gasteiger partial charge in [0.25, 0.3) is 5.91 Å². The van der Waals surface area contributed by atoms with E-state index in [9.17, 15) is 9.90 Å². The van der Waals surface area contributed by atoms with Gasteiger partial charge < -0.3 is 14.7 Å². The molecule has 1 amide bonds. The molecule has 0 aliphatic carbocycles. The van der Waals surface area contributed by atoms with Gasteiger partial charge in [-0.05, 0) is 0 Å². The Labute approximate surface area is 93.9 Å². The van der Waals surface area contributed by atoms with E-state index in [1.54, 1.807) is 7.05 Å². The fourth-order valence-corrected chi connectivity index (χ4v) is 1.25. The minimum Gasteiger partial charge on any atom is -0.389 e. The molecule has 0 radical (unpaired) electrons. The van der Waals surface area contributed by atoms with E-state index in [1.807, 2.05) is 0 Å². The van der Waals surface area contributed by atoms with Gasteiger partial charge in [0.1, 0.15) is 5.69 Å². The molecule has 0 bridgehead atoms. The Kier molecular flexibility index (Phi) is 4.81. The molecule has 0 aliphatic rings. The Morgan fingerprint density at radius 2 is 2.38 bits per heavy atom. The van der Waals surface area contributed by atoms with Crippen molar-refractivity contribution in [3.05, 3.63) is 24.3 Å². The maximum Gasteiger partial charge on any atom is 0.273 e. The Morgan fingerprint density at radius 3 is 2.94 bits per heavy atom. The zero-order valence-electron chi connectivity index (χ0n) is 9.33. The van der Waals surface area contributed by atoms with Crippen molar-refractivity contribution in [3.63, 3.8) is 0 Å². The summed E-state index contributed by atoms with van der Waals surface area (Å²) in [4.78, 5) is 20.8. The fourth-order valence-electron chi connectivity index (χ4n) is 1.25. The van der Waals surface area contributed by atoms with Crippen molar-refractivity contribution in [2.24, 2.45) is 0 Å². The molecule has 1 atom stereocenters. The van der Waals surface area contributed by atoms with E-state index in [1.165, 1.54) is 30.6 Å². The van der Waals surface area contributed by atoms with Crippen molar-refractivity contribution >= 4 is 5.91 Å². The van der Waals surface area contributed by atoms with Crippen molar-refractivity contribution in [2.75, 3.05) is 27.3 Å². The molecule has 88 valence electrons. The molecule has 16 heavy (non-hydrogen) atoms. The van der Waals surface area contributed by atoms with E-state index in [0.717, 1.165) is 0 Å². The van der Waals surface area contributed by atoms with Crippen LogP contribution in [0.3, 0.4) is 0 Å². The lowest BCUT2D eigenvalue weighted by atomic mass is 10.3. The number of hydrogen-bond donors (Lipinski definition) is 1. The average Bonchev–Trinajstić information content (AvgIpc) is 2.29. The zero-order chi connectivity index (χ0) is 12.0. The number of aliphatic hydroxyl groups excluding tert-OH is 1. The summed E-state index contributed by atoms with van der Waals surface area (Å²) < 4.78 is 4.77. The molecule has 0 saturated carbocycles. The Hall–Kier alpha value is -1.53. The van der Waals surface area contributed by atoms with Crippen molar-refractivity contribution in [3.8, 4) is 0 Å². The maximum absolute atomic E-state index is 11.8. The molecule has 1 rings (SSSR count). The number of rotatable bonds is 5. The molecule has 1 unspecified atom stereocenters. The van der Waals surface area contributed by atoms with Gasteiger partial charge in [-0.1, -0.05) is 0 Å². The predicted octanol–water partition coefficient (Wildman–Crippen LogP) is -0.444. The molecule has 6 heteroatoms. The standard InChI is InChI=1S/C10H15N3O3/c1-13(6-8(14)7-16-2)10(15)9-5-11-3-4-12-9/h3-5,8,14H,6-7H2,1-2H3. The maximum atomic E-state index is 11.8. The third-order valence-corrected chi connectivity index (χ3v) is 1.97. The van der Waals surface area contributed by atoms with Gasteiger partial charge in [-0.3, -0.25) is 9.78 Å². The number of ether oxygens (including phenoxy) is 1. The topological polar surface area (TPSA) is 75.6 Å². The lowest BCUT2D eigenvalue weighted by Gasteiger charge is -2.19. The minimum atomic E-state index is -0.698. The Morgan fingerprint density at radius 1 is 1.62 bits per heavy atom. The highest BCUT2D eigenvalue weighted by atomic mass is 16.5. The molecule has 1 aromatic heterocycles. The van der Waals surface area contributed by atoms with Gasteiger partial charge in [0.15, 0.2) is 0 Å². The summed E-state index contributed by atoms with van der Waals surface area (Å²) in [6.45, 7) is 0.390. The first-order valence-electron chi connectivity index (χ1n) is 4.83. The van der Waals surface area contributed by atoms with Gasteiger partial charge in [0.2, 0.25) is 0 Å². The first-order valence-corrected chi connectivity index (χ1v) is 4.83. The second-order valence-electron chi connectivity index (χ2n) is 3.39. The highest BCUT2D eigenvalue weighted by Gasteiger charge is 2.16. The van der Waals surface area contributed by atoms with Gasteiger partial charge >= 0.3 is 0 Å². The molecule has 1 aromatic rings. The van der Waals surface area contributed by atoms with Crippen LogP contribution >= 0.6 is 0 Å². The summed E-state index contributed by atoms with van der Waals surface area (Å²) in [5, 5.41) is 9.46. The third-order valence-electron chi connectivity index (χ3n) is 1.97. The second-order valence-corrected chi connectivity index (χ2v) is 3.39. The number of likely N-dealkylation sites (N-methyl/N-ethyl adjacent to an activating group) is 1. The smallest absolute Gasteiger partial charge is 0.273 e. The highest BCUT2D eigenvalue weighted by Crippen LogP contribution is 1.99. The van der Waals surface area contributed by atoms with Crippen LogP contribution in [-0.4, -0.2) is 59.3 Å².